The second kappa shape index (κ2) is 8.39. The van der Waals surface area contributed by atoms with E-state index in [2.05, 4.69) is 34.4 Å². The Morgan fingerprint density at radius 2 is 1.95 bits per heavy atom. The van der Waals surface area contributed by atoms with Crippen LogP contribution in [0.25, 0.3) is 0 Å². The predicted molar refractivity (Wildman–Crippen MR) is 85.3 cm³/mol. The molecule has 0 fully saturated rings. The van der Waals surface area contributed by atoms with Crippen molar-refractivity contribution in [3.05, 3.63) is 59.9 Å². The van der Waals surface area contributed by atoms with Gasteiger partial charge in [0.15, 0.2) is 0 Å². The van der Waals surface area contributed by atoms with Crippen molar-refractivity contribution < 1.29 is 4.74 Å². The van der Waals surface area contributed by atoms with E-state index in [9.17, 15) is 0 Å². The Kier molecular flexibility index (Phi) is 6.19. The number of rotatable bonds is 8. The fourth-order valence-corrected chi connectivity index (χ4v) is 2.11. The molecule has 0 aliphatic rings. The average molecular weight is 285 g/mol. The molecule has 0 aliphatic heterocycles. The van der Waals surface area contributed by atoms with Crippen molar-refractivity contribution in [2.75, 3.05) is 27.2 Å². The molecule has 21 heavy (non-hydrogen) atoms. The normalized spacial score (nSPS) is 10.8. The molecule has 112 valence electrons. The minimum Gasteiger partial charge on any atom is -0.497 e. The van der Waals surface area contributed by atoms with Gasteiger partial charge < -0.3 is 15.0 Å². The SMILES string of the molecule is COc1ccc(CN(C)CCNCc2ccccn2)cc1. The number of likely N-dealkylation sites (N-methyl/N-ethyl adjacent to an activating group) is 1. The first kappa shape index (κ1) is 15.5. The van der Waals surface area contributed by atoms with E-state index >= 15 is 0 Å². The highest BCUT2D eigenvalue weighted by Gasteiger charge is 2.01. The summed E-state index contributed by atoms with van der Waals surface area (Å²) < 4.78 is 5.17. The van der Waals surface area contributed by atoms with E-state index in [0.717, 1.165) is 37.6 Å². The van der Waals surface area contributed by atoms with Gasteiger partial charge in [0.25, 0.3) is 0 Å². The van der Waals surface area contributed by atoms with Crippen LogP contribution in [0.1, 0.15) is 11.3 Å². The highest BCUT2D eigenvalue weighted by atomic mass is 16.5. The van der Waals surface area contributed by atoms with Gasteiger partial charge in [0.1, 0.15) is 5.75 Å². The van der Waals surface area contributed by atoms with E-state index in [1.54, 1.807) is 7.11 Å². The van der Waals surface area contributed by atoms with Crippen molar-refractivity contribution in [3.63, 3.8) is 0 Å². The highest BCUT2D eigenvalue weighted by Crippen LogP contribution is 2.12. The number of nitrogens with one attached hydrogen (secondary N) is 1. The minimum absolute atomic E-state index is 0.817. The Hall–Kier alpha value is -1.91. The number of methoxy groups -OCH3 is 1. The molecule has 0 unspecified atom stereocenters. The van der Waals surface area contributed by atoms with Gasteiger partial charge in [-0.05, 0) is 36.9 Å². The molecule has 0 atom stereocenters. The van der Waals surface area contributed by atoms with Crippen molar-refractivity contribution in [1.29, 1.82) is 0 Å². The molecule has 1 heterocycles. The minimum atomic E-state index is 0.817. The molecule has 0 amide bonds. The quantitative estimate of drug-likeness (QED) is 0.755. The Balaban J connectivity index is 1.66. The topological polar surface area (TPSA) is 37.4 Å². The van der Waals surface area contributed by atoms with Crippen LogP contribution < -0.4 is 10.1 Å². The second-order valence-corrected chi connectivity index (χ2v) is 5.08. The molecule has 4 nitrogen and oxygen atoms in total. The molecule has 4 heteroatoms. The van der Waals surface area contributed by atoms with Crippen LogP contribution in [-0.4, -0.2) is 37.1 Å². The number of nitrogens with zero attached hydrogens (tertiary/aromatic N) is 2. The fourth-order valence-electron chi connectivity index (χ4n) is 2.11. The molecule has 0 radical (unpaired) electrons. The van der Waals surface area contributed by atoms with E-state index in [0.29, 0.717) is 0 Å². The summed E-state index contributed by atoms with van der Waals surface area (Å²) in [5, 5.41) is 3.41. The molecule has 2 aromatic rings. The number of hydrogen-bond acceptors (Lipinski definition) is 4. The Morgan fingerprint density at radius 1 is 1.14 bits per heavy atom. The maximum Gasteiger partial charge on any atom is 0.118 e. The maximum atomic E-state index is 5.17. The van der Waals surface area contributed by atoms with Gasteiger partial charge in [-0.25, -0.2) is 0 Å². The van der Waals surface area contributed by atoms with Gasteiger partial charge in [-0.2, -0.15) is 0 Å². The highest BCUT2D eigenvalue weighted by molar-refractivity contribution is 5.27. The first-order valence-corrected chi connectivity index (χ1v) is 7.20. The Bertz CT molecular complexity index is 513. The summed E-state index contributed by atoms with van der Waals surface area (Å²) in [6.07, 6.45) is 1.83. The molecular formula is C17H23N3O. The number of aromatic nitrogens is 1. The van der Waals surface area contributed by atoms with Crippen LogP contribution in [-0.2, 0) is 13.1 Å². The molecule has 0 spiro atoms. The third-order valence-corrected chi connectivity index (χ3v) is 3.31. The van der Waals surface area contributed by atoms with Crippen molar-refractivity contribution in [2.45, 2.75) is 13.1 Å². The monoisotopic (exact) mass is 285 g/mol. The lowest BCUT2D eigenvalue weighted by atomic mass is 10.2. The number of hydrogen-bond donors (Lipinski definition) is 1. The van der Waals surface area contributed by atoms with E-state index in [1.807, 2.05) is 36.5 Å². The predicted octanol–water partition coefficient (Wildman–Crippen LogP) is 2.31. The van der Waals surface area contributed by atoms with Crippen molar-refractivity contribution in [3.8, 4) is 5.75 Å². The number of benzene rings is 1. The van der Waals surface area contributed by atoms with Crippen LogP contribution in [0.15, 0.2) is 48.7 Å². The molecule has 2 rings (SSSR count). The van der Waals surface area contributed by atoms with Gasteiger partial charge in [0.05, 0.1) is 12.8 Å². The van der Waals surface area contributed by atoms with Gasteiger partial charge in [-0.3, -0.25) is 4.98 Å². The van der Waals surface area contributed by atoms with Crippen molar-refractivity contribution >= 4 is 0 Å². The maximum absolute atomic E-state index is 5.17. The summed E-state index contributed by atoms with van der Waals surface area (Å²) in [7, 11) is 3.82. The van der Waals surface area contributed by atoms with Crippen LogP contribution in [0.3, 0.4) is 0 Å². The molecule has 1 aromatic carbocycles. The van der Waals surface area contributed by atoms with Gasteiger partial charge in [0.2, 0.25) is 0 Å². The Morgan fingerprint density at radius 3 is 2.62 bits per heavy atom. The summed E-state index contributed by atoms with van der Waals surface area (Å²) in [5.74, 6) is 0.901. The summed E-state index contributed by atoms with van der Waals surface area (Å²) in [5.41, 5.74) is 2.37. The van der Waals surface area contributed by atoms with E-state index in [1.165, 1.54) is 5.56 Å². The molecule has 0 saturated carbocycles. The average Bonchev–Trinajstić information content (AvgIpc) is 2.53. The number of pyridine rings is 1. The summed E-state index contributed by atoms with van der Waals surface area (Å²) in [4.78, 5) is 6.59. The molecule has 0 aliphatic carbocycles. The molecular weight excluding hydrogens is 262 g/mol. The molecule has 0 saturated heterocycles. The van der Waals surface area contributed by atoms with Crippen LogP contribution in [0.5, 0.6) is 5.75 Å². The first-order chi connectivity index (χ1) is 10.3. The first-order valence-electron chi connectivity index (χ1n) is 7.20. The smallest absolute Gasteiger partial charge is 0.118 e. The van der Waals surface area contributed by atoms with E-state index in [-0.39, 0.29) is 0 Å². The van der Waals surface area contributed by atoms with Crippen LogP contribution in [0.4, 0.5) is 0 Å². The lowest BCUT2D eigenvalue weighted by Crippen LogP contribution is -2.28. The zero-order chi connectivity index (χ0) is 14.9. The van der Waals surface area contributed by atoms with Gasteiger partial charge >= 0.3 is 0 Å². The standard InChI is InChI=1S/C17H23N3O/c1-20(14-15-6-8-17(21-2)9-7-15)12-11-18-13-16-5-3-4-10-19-16/h3-10,18H,11-14H2,1-2H3. The zero-order valence-corrected chi connectivity index (χ0v) is 12.7. The third-order valence-electron chi connectivity index (χ3n) is 3.31. The van der Waals surface area contributed by atoms with Crippen molar-refractivity contribution in [2.24, 2.45) is 0 Å². The van der Waals surface area contributed by atoms with Gasteiger partial charge in [0, 0.05) is 32.4 Å². The molecule has 1 aromatic heterocycles. The van der Waals surface area contributed by atoms with Crippen LogP contribution in [0, 0.1) is 0 Å². The summed E-state index contributed by atoms with van der Waals surface area (Å²) in [6, 6.07) is 14.2. The van der Waals surface area contributed by atoms with Crippen molar-refractivity contribution in [1.82, 2.24) is 15.2 Å². The third kappa shape index (κ3) is 5.53. The van der Waals surface area contributed by atoms with Gasteiger partial charge in [-0.1, -0.05) is 18.2 Å². The second-order valence-electron chi connectivity index (χ2n) is 5.08. The van der Waals surface area contributed by atoms with E-state index < -0.39 is 0 Å². The summed E-state index contributed by atoms with van der Waals surface area (Å²) in [6.45, 7) is 3.70. The largest absolute Gasteiger partial charge is 0.497 e. The fraction of sp³-hybridized carbons (Fsp3) is 0.353. The molecule has 0 bridgehead atoms. The van der Waals surface area contributed by atoms with E-state index in [4.69, 9.17) is 4.74 Å². The summed E-state index contributed by atoms with van der Waals surface area (Å²) >= 11 is 0. The van der Waals surface area contributed by atoms with Crippen LogP contribution in [0.2, 0.25) is 0 Å². The van der Waals surface area contributed by atoms with Crippen LogP contribution >= 0.6 is 0 Å². The lowest BCUT2D eigenvalue weighted by Gasteiger charge is -2.17. The molecule has 1 N–H and O–H groups in total. The zero-order valence-electron chi connectivity index (χ0n) is 12.7. The lowest BCUT2D eigenvalue weighted by molar-refractivity contribution is 0.323. The number of ether oxygens (including phenoxy) is 1. The Labute approximate surface area is 126 Å². The van der Waals surface area contributed by atoms with Gasteiger partial charge in [-0.15, -0.1) is 0 Å².